The predicted molar refractivity (Wildman–Crippen MR) is 88.0 cm³/mol. The fraction of sp³-hybridized carbons (Fsp3) is 0.588. The highest BCUT2D eigenvalue weighted by molar-refractivity contribution is 9.10. The van der Waals surface area contributed by atoms with Crippen molar-refractivity contribution in [1.29, 1.82) is 0 Å². The molecule has 1 saturated heterocycles. The molecule has 114 valence electrons. The van der Waals surface area contributed by atoms with Crippen molar-refractivity contribution in [2.24, 2.45) is 5.92 Å². The van der Waals surface area contributed by atoms with Crippen LogP contribution in [0.15, 0.2) is 22.7 Å². The number of piperidine rings is 1. The molecule has 4 heteroatoms. The molecule has 3 nitrogen and oxygen atoms in total. The van der Waals surface area contributed by atoms with Gasteiger partial charge in [0.15, 0.2) is 0 Å². The van der Waals surface area contributed by atoms with Crippen LogP contribution in [0.5, 0.6) is 0 Å². The normalized spacial score (nSPS) is 19.8. The van der Waals surface area contributed by atoms with E-state index in [1.807, 2.05) is 0 Å². The zero-order valence-electron chi connectivity index (χ0n) is 12.6. The summed E-state index contributed by atoms with van der Waals surface area (Å²) in [6.45, 7) is 4.83. The molecule has 1 aromatic carbocycles. The first-order chi connectivity index (χ1) is 10.1. The molecular weight excluding hydrogens is 328 g/mol. The van der Waals surface area contributed by atoms with Gasteiger partial charge in [-0.15, -0.1) is 0 Å². The van der Waals surface area contributed by atoms with E-state index in [2.05, 4.69) is 51.3 Å². The molecule has 1 aliphatic carbocycles. The van der Waals surface area contributed by atoms with E-state index in [4.69, 9.17) is 0 Å². The van der Waals surface area contributed by atoms with E-state index in [1.165, 1.54) is 15.6 Å². The molecule has 0 bridgehead atoms. The molecule has 1 aliphatic heterocycles. The second-order valence-electron chi connectivity index (χ2n) is 6.35. The standard InChI is InChI=1S/C17H23BrN2O/c1-12-2-3-14(16(18)10-12)11-19-15-6-8-20(9-7-15)17(21)13-4-5-13/h2-3,10,13,15,19H,4-9,11H2,1H3. The maximum absolute atomic E-state index is 12.0. The number of carbonyl (C=O) groups is 1. The molecule has 1 saturated carbocycles. The predicted octanol–water partition coefficient (Wildman–Crippen LogP) is 3.25. The summed E-state index contributed by atoms with van der Waals surface area (Å²) >= 11 is 3.63. The fourth-order valence-corrected chi connectivity index (χ4v) is 3.58. The summed E-state index contributed by atoms with van der Waals surface area (Å²) < 4.78 is 1.18. The summed E-state index contributed by atoms with van der Waals surface area (Å²) in [5.41, 5.74) is 2.58. The number of halogens is 1. The molecule has 1 amide bonds. The van der Waals surface area contributed by atoms with Crippen LogP contribution in [0.3, 0.4) is 0 Å². The molecule has 0 atom stereocenters. The Morgan fingerprint density at radius 1 is 1.29 bits per heavy atom. The zero-order chi connectivity index (χ0) is 14.8. The Hall–Kier alpha value is -0.870. The van der Waals surface area contributed by atoms with E-state index < -0.39 is 0 Å². The lowest BCUT2D eigenvalue weighted by Crippen LogP contribution is -2.45. The molecule has 0 aromatic heterocycles. The van der Waals surface area contributed by atoms with Crippen molar-refractivity contribution in [2.75, 3.05) is 13.1 Å². The first-order valence-corrected chi connectivity index (χ1v) is 8.70. The Morgan fingerprint density at radius 2 is 2.00 bits per heavy atom. The van der Waals surface area contributed by atoms with E-state index in [-0.39, 0.29) is 0 Å². The number of hydrogen-bond acceptors (Lipinski definition) is 2. The first kappa shape index (κ1) is 15.0. The number of rotatable bonds is 4. The van der Waals surface area contributed by atoms with Gasteiger partial charge in [-0.05, 0) is 49.8 Å². The number of carbonyl (C=O) groups excluding carboxylic acids is 1. The highest BCUT2D eigenvalue weighted by Gasteiger charge is 2.34. The van der Waals surface area contributed by atoms with Gasteiger partial charge in [-0.3, -0.25) is 4.79 Å². The third kappa shape index (κ3) is 3.86. The topological polar surface area (TPSA) is 32.3 Å². The van der Waals surface area contributed by atoms with Crippen LogP contribution >= 0.6 is 15.9 Å². The van der Waals surface area contributed by atoms with Gasteiger partial charge in [-0.2, -0.15) is 0 Å². The van der Waals surface area contributed by atoms with Crippen molar-refractivity contribution in [3.05, 3.63) is 33.8 Å². The summed E-state index contributed by atoms with van der Waals surface area (Å²) in [7, 11) is 0. The quantitative estimate of drug-likeness (QED) is 0.903. The number of hydrogen-bond donors (Lipinski definition) is 1. The maximum atomic E-state index is 12.0. The molecule has 21 heavy (non-hydrogen) atoms. The van der Waals surface area contributed by atoms with Crippen molar-refractivity contribution >= 4 is 21.8 Å². The monoisotopic (exact) mass is 350 g/mol. The van der Waals surface area contributed by atoms with Crippen LogP contribution in [0.2, 0.25) is 0 Å². The van der Waals surface area contributed by atoms with Gasteiger partial charge in [0.2, 0.25) is 5.91 Å². The van der Waals surface area contributed by atoms with Crippen LogP contribution in [0.1, 0.15) is 36.8 Å². The minimum absolute atomic E-state index is 0.359. The van der Waals surface area contributed by atoms with Gasteiger partial charge in [0.25, 0.3) is 0 Å². The molecular formula is C17H23BrN2O. The van der Waals surface area contributed by atoms with Crippen LogP contribution < -0.4 is 5.32 Å². The molecule has 2 fully saturated rings. The van der Waals surface area contributed by atoms with E-state index in [0.29, 0.717) is 17.9 Å². The maximum Gasteiger partial charge on any atom is 0.225 e. The Kier molecular flexibility index (Phi) is 4.65. The smallest absolute Gasteiger partial charge is 0.225 e. The Morgan fingerprint density at radius 3 is 2.62 bits per heavy atom. The van der Waals surface area contributed by atoms with Gasteiger partial charge >= 0.3 is 0 Å². The van der Waals surface area contributed by atoms with Crippen LogP contribution in [-0.2, 0) is 11.3 Å². The lowest BCUT2D eigenvalue weighted by atomic mass is 10.0. The number of nitrogens with one attached hydrogen (secondary N) is 1. The summed E-state index contributed by atoms with van der Waals surface area (Å²) in [5, 5.41) is 3.63. The minimum Gasteiger partial charge on any atom is -0.342 e. The third-order valence-corrected chi connectivity index (χ3v) is 5.26. The SMILES string of the molecule is Cc1ccc(CNC2CCN(C(=O)C3CC3)CC2)c(Br)c1. The average molecular weight is 351 g/mol. The molecule has 0 radical (unpaired) electrons. The van der Waals surface area contributed by atoms with Gasteiger partial charge < -0.3 is 10.2 Å². The Labute approximate surface area is 135 Å². The van der Waals surface area contributed by atoms with Crippen LogP contribution in [0.4, 0.5) is 0 Å². The first-order valence-electron chi connectivity index (χ1n) is 7.90. The summed E-state index contributed by atoms with van der Waals surface area (Å²) in [5.74, 6) is 0.757. The van der Waals surface area contributed by atoms with Gasteiger partial charge in [0, 0.05) is 36.1 Å². The second-order valence-corrected chi connectivity index (χ2v) is 7.20. The molecule has 1 N–H and O–H groups in total. The minimum atomic E-state index is 0.359. The highest BCUT2D eigenvalue weighted by Crippen LogP contribution is 2.32. The van der Waals surface area contributed by atoms with E-state index in [9.17, 15) is 4.79 Å². The number of nitrogens with zero attached hydrogens (tertiary/aromatic N) is 1. The van der Waals surface area contributed by atoms with Crippen LogP contribution in [-0.4, -0.2) is 29.9 Å². The van der Waals surface area contributed by atoms with Gasteiger partial charge in [-0.1, -0.05) is 28.1 Å². The van der Waals surface area contributed by atoms with E-state index in [1.54, 1.807) is 0 Å². The van der Waals surface area contributed by atoms with Crippen molar-refractivity contribution in [2.45, 2.75) is 45.2 Å². The molecule has 0 spiro atoms. The lowest BCUT2D eigenvalue weighted by molar-refractivity contribution is -0.133. The molecule has 2 aliphatic rings. The van der Waals surface area contributed by atoms with Crippen molar-refractivity contribution in [1.82, 2.24) is 10.2 Å². The number of benzene rings is 1. The van der Waals surface area contributed by atoms with Crippen LogP contribution in [0, 0.1) is 12.8 Å². The van der Waals surface area contributed by atoms with Crippen LogP contribution in [0.25, 0.3) is 0 Å². The lowest BCUT2D eigenvalue weighted by Gasteiger charge is -2.32. The van der Waals surface area contributed by atoms with E-state index >= 15 is 0 Å². The summed E-state index contributed by atoms with van der Waals surface area (Å²) in [6, 6.07) is 7.02. The van der Waals surface area contributed by atoms with Crippen molar-refractivity contribution in [3.63, 3.8) is 0 Å². The van der Waals surface area contributed by atoms with Crippen molar-refractivity contribution < 1.29 is 4.79 Å². The number of aryl methyl sites for hydroxylation is 1. The number of likely N-dealkylation sites (tertiary alicyclic amines) is 1. The molecule has 0 unspecified atom stereocenters. The van der Waals surface area contributed by atoms with E-state index in [0.717, 1.165) is 45.3 Å². The average Bonchev–Trinajstić information content (AvgIpc) is 3.31. The zero-order valence-corrected chi connectivity index (χ0v) is 14.2. The Bertz CT molecular complexity index is 520. The molecule has 1 aromatic rings. The fourth-order valence-electron chi connectivity index (χ4n) is 2.94. The Balaban J connectivity index is 1.45. The third-order valence-electron chi connectivity index (χ3n) is 4.52. The highest BCUT2D eigenvalue weighted by atomic mass is 79.9. The summed E-state index contributed by atoms with van der Waals surface area (Å²) in [6.07, 6.45) is 4.36. The molecule has 3 rings (SSSR count). The molecule has 1 heterocycles. The van der Waals surface area contributed by atoms with Gasteiger partial charge in [0.1, 0.15) is 0 Å². The van der Waals surface area contributed by atoms with Gasteiger partial charge in [0.05, 0.1) is 0 Å². The summed E-state index contributed by atoms with van der Waals surface area (Å²) in [4.78, 5) is 14.1. The second kappa shape index (κ2) is 6.49. The van der Waals surface area contributed by atoms with Crippen molar-refractivity contribution in [3.8, 4) is 0 Å². The van der Waals surface area contributed by atoms with Gasteiger partial charge in [-0.25, -0.2) is 0 Å². The number of amides is 1. The largest absolute Gasteiger partial charge is 0.342 e.